The van der Waals surface area contributed by atoms with Gasteiger partial charge in [0.15, 0.2) is 5.17 Å². The van der Waals surface area contributed by atoms with Gasteiger partial charge in [-0.25, -0.2) is 9.79 Å². The van der Waals surface area contributed by atoms with Crippen molar-refractivity contribution in [2.45, 2.75) is 6.61 Å². The first kappa shape index (κ1) is 25.1. The van der Waals surface area contributed by atoms with Gasteiger partial charge in [0.05, 0.1) is 31.2 Å². The van der Waals surface area contributed by atoms with Crippen LogP contribution in [0.4, 0.5) is 5.69 Å². The summed E-state index contributed by atoms with van der Waals surface area (Å²) in [6.45, 7) is 0.267. The summed E-state index contributed by atoms with van der Waals surface area (Å²) in [4.78, 5) is 30.1. The van der Waals surface area contributed by atoms with Crippen molar-refractivity contribution in [1.29, 1.82) is 0 Å². The molecule has 0 aliphatic carbocycles. The second-order valence-corrected chi connectivity index (χ2v) is 9.68. The van der Waals surface area contributed by atoms with Crippen LogP contribution in [0.15, 0.2) is 70.6 Å². The van der Waals surface area contributed by atoms with Crippen molar-refractivity contribution in [1.82, 2.24) is 4.90 Å². The Morgan fingerprint density at radius 2 is 1.77 bits per heavy atom. The Labute approximate surface area is 220 Å². The van der Waals surface area contributed by atoms with E-state index in [9.17, 15) is 9.59 Å². The maximum atomic E-state index is 12.7. The van der Waals surface area contributed by atoms with Gasteiger partial charge < -0.3 is 9.84 Å². The van der Waals surface area contributed by atoms with Crippen LogP contribution in [0.5, 0.6) is 5.75 Å². The number of carboxylic acids is 1. The SMILES string of the molecule is CN1C(=O)C(=Cc2ccc(OCc3ccc(Cl)c(Cl)c3)c(Cl)c2)SC1=Nc1ccc(C(=O)O)cc1. The molecule has 0 spiro atoms. The Bertz CT molecular complexity index is 1370. The van der Waals surface area contributed by atoms with Gasteiger partial charge in [-0.1, -0.05) is 46.9 Å². The van der Waals surface area contributed by atoms with Gasteiger partial charge in [-0.15, -0.1) is 0 Å². The van der Waals surface area contributed by atoms with E-state index in [4.69, 9.17) is 44.6 Å². The molecule has 3 aromatic carbocycles. The standard InChI is InChI=1S/C25H17Cl3N2O4S/c1-30-23(31)22(35-25(30)29-17-6-4-16(5-7-17)24(32)33)12-14-3-9-21(20(28)10-14)34-13-15-2-8-18(26)19(27)11-15/h2-12H,13H2,1H3,(H,32,33). The molecule has 1 N–H and O–H groups in total. The molecule has 0 aromatic heterocycles. The molecule has 35 heavy (non-hydrogen) atoms. The summed E-state index contributed by atoms with van der Waals surface area (Å²) >= 11 is 19.6. The smallest absolute Gasteiger partial charge is 0.335 e. The van der Waals surface area contributed by atoms with Crippen LogP contribution in [0.1, 0.15) is 21.5 Å². The number of halogens is 3. The van der Waals surface area contributed by atoms with Crippen LogP contribution < -0.4 is 4.74 Å². The normalized spacial score (nSPS) is 15.8. The highest BCUT2D eigenvalue weighted by atomic mass is 35.5. The summed E-state index contributed by atoms with van der Waals surface area (Å²) in [6, 6.07) is 16.6. The first-order valence-electron chi connectivity index (χ1n) is 10.2. The van der Waals surface area contributed by atoms with E-state index in [-0.39, 0.29) is 18.1 Å². The Balaban J connectivity index is 1.47. The van der Waals surface area contributed by atoms with E-state index in [1.165, 1.54) is 28.8 Å². The van der Waals surface area contributed by atoms with Crippen molar-refractivity contribution < 1.29 is 19.4 Å². The highest BCUT2D eigenvalue weighted by Gasteiger charge is 2.30. The minimum Gasteiger partial charge on any atom is -0.487 e. The fourth-order valence-electron chi connectivity index (χ4n) is 3.11. The molecule has 178 valence electrons. The molecular weight excluding hydrogens is 531 g/mol. The third-order valence-electron chi connectivity index (χ3n) is 4.97. The van der Waals surface area contributed by atoms with Crippen LogP contribution >= 0.6 is 46.6 Å². The number of aliphatic imine (C=N–C) groups is 1. The Morgan fingerprint density at radius 3 is 2.43 bits per heavy atom. The number of carbonyl (C=O) groups is 2. The number of carboxylic acid groups (broad SMARTS) is 1. The number of aromatic carboxylic acids is 1. The molecule has 0 saturated carbocycles. The third-order valence-corrected chi connectivity index (χ3v) is 7.07. The topological polar surface area (TPSA) is 79.2 Å². The number of rotatable bonds is 6. The number of carbonyl (C=O) groups excluding carboxylic acids is 1. The van der Waals surface area contributed by atoms with Crippen molar-refractivity contribution >= 4 is 75.4 Å². The molecular formula is C25H17Cl3N2O4S. The molecule has 1 heterocycles. The number of likely N-dealkylation sites (N-methyl/N-ethyl adjacent to an activating group) is 1. The third kappa shape index (κ3) is 6.00. The Morgan fingerprint density at radius 1 is 1.03 bits per heavy atom. The van der Waals surface area contributed by atoms with E-state index in [2.05, 4.69) is 4.99 Å². The molecule has 6 nitrogen and oxygen atoms in total. The maximum absolute atomic E-state index is 12.7. The van der Waals surface area contributed by atoms with Crippen molar-refractivity contribution in [3.63, 3.8) is 0 Å². The number of amides is 1. The van der Waals surface area contributed by atoms with Crippen molar-refractivity contribution in [2.24, 2.45) is 4.99 Å². The maximum Gasteiger partial charge on any atom is 0.335 e. The van der Waals surface area contributed by atoms with E-state index in [1.54, 1.807) is 55.6 Å². The van der Waals surface area contributed by atoms with E-state index < -0.39 is 5.97 Å². The molecule has 3 aromatic rings. The zero-order chi connectivity index (χ0) is 25.1. The van der Waals surface area contributed by atoms with Crippen molar-refractivity contribution in [2.75, 3.05) is 7.05 Å². The number of benzene rings is 3. The van der Waals surface area contributed by atoms with Crippen molar-refractivity contribution in [3.8, 4) is 5.75 Å². The monoisotopic (exact) mass is 546 g/mol. The number of hydrogen-bond acceptors (Lipinski definition) is 5. The number of nitrogens with zero attached hydrogens (tertiary/aromatic N) is 2. The average Bonchev–Trinajstić information content (AvgIpc) is 3.08. The number of hydrogen-bond donors (Lipinski definition) is 1. The Kier molecular flexibility index (Phi) is 7.72. The molecule has 1 aliphatic rings. The van der Waals surface area contributed by atoms with Crippen LogP contribution in [0.2, 0.25) is 15.1 Å². The first-order valence-corrected chi connectivity index (χ1v) is 12.1. The van der Waals surface area contributed by atoms with E-state index in [1.807, 2.05) is 6.07 Å². The fourth-order valence-corrected chi connectivity index (χ4v) is 4.66. The summed E-state index contributed by atoms with van der Waals surface area (Å²) in [5.41, 5.74) is 2.29. The van der Waals surface area contributed by atoms with Gasteiger partial charge in [0.1, 0.15) is 12.4 Å². The highest BCUT2D eigenvalue weighted by Crippen LogP contribution is 2.35. The average molecular weight is 548 g/mol. The lowest BCUT2D eigenvalue weighted by Gasteiger charge is -2.09. The summed E-state index contributed by atoms with van der Waals surface area (Å²) in [6.07, 6.45) is 1.73. The molecule has 10 heteroatoms. The van der Waals surface area contributed by atoms with Crippen LogP contribution in [-0.2, 0) is 11.4 Å². The lowest BCUT2D eigenvalue weighted by molar-refractivity contribution is -0.121. The molecule has 0 unspecified atom stereocenters. The largest absolute Gasteiger partial charge is 0.487 e. The molecule has 1 saturated heterocycles. The summed E-state index contributed by atoms with van der Waals surface area (Å²) < 4.78 is 5.80. The van der Waals surface area contributed by atoms with Gasteiger partial charge in [0.2, 0.25) is 0 Å². The Hall–Kier alpha value is -2.97. The minimum absolute atomic E-state index is 0.166. The predicted molar refractivity (Wildman–Crippen MR) is 141 cm³/mol. The lowest BCUT2D eigenvalue weighted by Crippen LogP contribution is -2.23. The number of ether oxygens (including phenoxy) is 1. The van der Waals surface area contributed by atoms with Crippen LogP contribution in [0.3, 0.4) is 0 Å². The zero-order valence-corrected chi connectivity index (χ0v) is 21.3. The lowest BCUT2D eigenvalue weighted by atomic mass is 10.2. The first-order chi connectivity index (χ1) is 16.7. The van der Waals surface area contributed by atoms with E-state index in [0.29, 0.717) is 36.6 Å². The van der Waals surface area contributed by atoms with Crippen LogP contribution in [0.25, 0.3) is 6.08 Å². The van der Waals surface area contributed by atoms with Crippen molar-refractivity contribution in [3.05, 3.63) is 97.3 Å². The van der Waals surface area contributed by atoms with Gasteiger partial charge in [-0.05, 0) is 77.5 Å². The summed E-state index contributed by atoms with van der Waals surface area (Å²) in [5, 5.41) is 10.8. The molecule has 4 rings (SSSR count). The molecule has 0 radical (unpaired) electrons. The van der Waals surface area contributed by atoms with Gasteiger partial charge in [-0.3, -0.25) is 9.69 Å². The predicted octanol–water partition coefficient (Wildman–Crippen LogP) is 7.16. The van der Waals surface area contributed by atoms with E-state index in [0.717, 1.165) is 11.1 Å². The second kappa shape index (κ2) is 10.7. The second-order valence-electron chi connectivity index (χ2n) is 7.45. The van der Waals surface area contributed by atoms with E-state index >= 15 is 0 Å². The molecule has 1 fully saturated rings. The highest BCUT2D eigenvalue weighted by molar-refractivity contribution is 8.18. The quantitative estimate of drug-likeness (QED) is 0.331. The zero-order valence-electron chi connectivity index (χ0n) is 18.2. The molecule has 1 aliphatic heterocycles. The molecule has 0 atom stereocenters. The number of amidine groups is 1. The molecule has 0 bridgehead atoms. The molecule has 1 amide bonds. The van der Waals surface area contributed by atoms with Crippen LogP contribution in [0, 0.1) is 0 Å². The minimum atomic E-state index is -1.01. The van der Waals surface area contributed by atoms with Gasteiger partial charge in [0, 0.05) is 7.05 Å². The van der Waals surface area contributed by atoms with Crippen LogP contribution in [-0.4, -0.2) is 34.1 Å². The summed E-state index contributed by atoms with van der Waals surface area (Å²) in [5.74, 6) is -0.720. The van der Waals surface area contributed by atoms with Gasteiger partial charge in [-0.2, -0.15) is 0 Å². The van der Waals surface area contributed by atoms with Gasteiger partial charge in [0.25, 0.3) is 5.91 Å². The fraction of sp³-hybridized carbons (Fsp3) is 0.0800. The number of thioether (sulfide) groups is 1. The summed E-state index contributed by atoms with van der Waals surface area (Å²) in [7, 11) is 1.63. The van der Waals surface area contributed by atoms with Gasteiger partial charge >= 0.3 is 5.97 Å².